The fraction of sp³-hybridized carbons (Fsp3) is 0.450. The number of fused-ring (bicyclic) bond motifs is 1. The van der Waals surface area contributed by atoms with Gasteiger partial charge in [-0.25, -0.2) is 18.3 Å². The van der Waals surface area contributed by atoms with Crippen LogP contribution < -0.4 is 11.1 Å². The van der Waals surface area contributed by atoms with Gasteiger partial charge in [-0.05, 0) is 31.4 Å². The summed E-state index contributed by atoms with van der Waals surface area (Å²) in [6.45, 7) is 1.85. The van der Waals surface area contributed by atoms with Gasteiger partial charge >= 0.3 is 6.18 Å². The van der Waals surface area contributed by atoms with Crippen LogP contribution in [0.3, 0.4) is 0 Å². The fourth-order valence-electron chi connectivity index (χ4n) is 3.87. The number of alkyl halides is 5. The first-order valence-corrected chi connectivity index (χ1v) is 10.8. The minimum absolute atomic E-state index is 0.00176. The Bertz CT molecular complexity index is 1160. The molecule has 0 aromatic carbocycles. The number of amides is 1. The van der Waals surface area contributed by atoms with Crippen molar-refractivity contribution in [2.24, 2.45) is 5.73 Å². The molecule has 0 saturated heterocycles. The molecule has 1 aliphatic carbocycles. The first kappa shape index (κ1) is 22.6. The van der Waals surface area contributed by atoms with Crippen molar-refractivity contribution in [3.8, 4) is 11.3 Å². The number of nitrogens with one attached hydrogen (secondary N) is 1. The van der Waals surface area contributed by atoms with Gasteiger partial charge in [0.15, 0.2) is 5.65 Å². The van der Waals surface area contributed by atoms with E-state index in [1.165, 1.54) is 16.8 Å². The summed E-state index contributed by atoms with van der Waals surface area (Å²) < 4.78 is 68.6. The monoisotopic (exact) mass is 473 g/mol. The summed E-state index contributed by atoms with van der Waals surface area (Å²) in [6, 6.07) is 0.0965. The predicted molar refractivity (Wildman–Crippen MR) is 109 cm³/mol. The van der Waals surface area contributed by atoms with Crippen LogP contribution in [-0.2, 0) is 12.6 Å². The summed E-state index contributed by atoms with van der Waals surface area (Å²) in [5, 5.41) is 6.24. The molecule has 6 nitrogen and oxygen atoms in total. The number of hydrogen-bond donors (Lipinski definition) is 2. The van der Waals surface area contributed by atoms with E-state index in [9.17, 15) is 26.7 Å². The molecule has 1 fully saturated rings. The average Bonchev–Trinajstić information content (AvgIpc) is 3.33. The van der Waals surface area contributed by atoms with Gasteiger partial charge in [-0.3, -0.25) is 4.79 Å². The minimum atomic E-state index is -4.55. The zero-order valence-corrected chi connectivity index (χ0v) is 17.7. The van der Waals surface area contributed by atoms with E-state index < -0.39 is 35.7 Å². The number of aromatic nitrogens is 3. The molecule has 12 heteroatoms. The number of nitrogens with zero attached hydrogens (tertiary/aromatic N) is 3. The van der Waals surface area contributed by atoms with Crippen molar-refractivity contribution in [3.63, 3.8) is 0 Å². The molecule has 172 valence electrons. The smallest absolute Gasteiger partial charge is 0.341 e. The summed E-state index contributed by atoms with van der Waals surface area (Å²) in [7, 11) is 0. The van der Waals surface area contributed by atoms with Crippen LogP contribution in [-0.4, -0.2) is 38.5 Å². The summed E-state index contributed by atoms with van der Waals surface area (Å²) >= 11 is 1.13. The van der Waals surface area contributed by atoms with Crippen LogP contribution >= 0.6 is 11.3 Å². The molecule has 1 amide bonds. The van der Waals surface area contributed by atoms with E-state index in [4.69, 9.17) is 5.73 Å². The Hall–Kier alpha value is -2.60. The Morgan fingerprint density at radius 3 is 2.75 bits per heavy atom. The van der Waals surface area contributed by atoms with E-state index in [0.29, 0.717) is 36.7 Å². The molecule has 0 unspecified atom stereocenters. The van der Waals surface area contributed by atoms with Crippen molar-refractivity contribution in [1.82, 2.24) is 19.9 Å². The Morgan fingerprint density at radius 1 is 1.34 bits per heavy atom. The molecule has 4 rings (SSSR count). The van der Waals surface area contributed by atoms with Crippen LogP contribution in [0.1, 0.15) is 46.3 Å². The molecular formula is C20H20F5N5OS. The van der Waals surface area contributed by atoms with E-state index in [1.54, 1.807) is 0 Å². The second-order valence-corrected chi connectivity index (χ2v) is 8.86. The van der Waals surface area contributed by atoms with Gasteiger partial charge in [0.2, 0.25) is 0 Å². The lowest BCUT2D eigenvalue weighted by Crippen LogP contribution is -2.59. The maximum Gasteiger partial charge on any atom is 0.418 e. The third kappa shape index (κ3) is 4.08. The van der Waals surface area contributed by atoms with E-state index in [1.807, 2.05) is 6.92 Å². The largest absolute Gasteiger partial charge is 0.418 e. The first-order valence-electron chi connectivity index (χ1n) is 9.99. The van der Waals surface area contributed by atoms with E-state index in [2.05, 4.69) is 15.4 Å². The van der Waals surface area contributed by atoms with Crippen LogP contribution in [0.15, 0.2) is 24.5 Å². The van der Waals surface area contributed by atoms with Gasteiger partial charge in [-0.2, -0.15) is 18.3 Å². The first-order chi connectivity index (χ1) is 15.0. The number of aryl methyl sites for hydroxylation is 1. The van der Waals surface area contributed by atoms with Gasteiger partial charge in [-0.15, -0.1) is 11.3 Å². The summed E-state index contributed by atoms with van der Waals surface area (Å²) in [6.07, 6.45) is -1.61. The van der Waals surface area contributed by atoms with Crippen molar-refractivity contribution >= 4 is 22.9 Å². The van der Waals surface area contributed by atoms with Crippen molar-refractivity contribution in [3.05, 3.63) is 39.8 Å². The average molecular weight is 473 g/mol. The Labute approximate surface area is 183 Å². The molecule has 0 spiro atoms. The van der Waals surface area contributed by atoms with Gasteiger partial charge in [0.25, 0.3) is 11.8 Å². The number of carbonyl (C=O) groups is 1. The maximum atomic E-state index is 14.3. The van der Waals surface area contributed by atoms with Gasteiger partial charge in [0, 0.05) is 22.9 Å². The molecule has 3 N–H and O–H groups in total. The SMILES string of the molecule is CCc1sc(C(=O)N[C@@H]2[C@H](N)CCCC2(F)F)cc1-c1cnc2cc(C(F)(F)F)cnn12. The molecule has 0 aliphatic heterocycles. The van der Waals surface area contributed by atoms with Crippen molar-refractivity contribution in [2.45, 2.75) is 56.8 Å². The Morgan fingerprint density at radius 2 is 2.09 bits per heavy atom. The maximum absolute atomic E-state index is 14.3. The van der Waals surface area contributed by atoms with E-state index in [0.717, 1.165) is 22.3 Å². The van der Waals surface area contributed by atoms with Gasteiger partial charge in [0.1, 0.15) is 6.04 Å². The third-order valence-corrected chi connectivity index (χ3v) is 6.81. The summed E-state index contributed by atoms with van der Waals surface area (Å²) in [5.41, 5.74) is 5.87. The highest BCUT2D eigenvalue weighted by Gasteiger charge is 2.46. The highest BCUT2D eigenvalue weighted by molar-refractivity contribution is 7.14. The van der Waals surface area contributed by atoms with Gasteiger partial charge in [-0.1, -0.05) is 6.92 Å². The highest BCUT2D eigenvalue weighted by Crippen LogP contribution is 2.36. The second kappa shape index (κ2) is 8.07. The predicted octanol–water partition coefficient (Wildman–Crippen LogP) is 4.28. The Kier molecular flexibility index (Phi) is 5.70. The molecule has 1 saturated carbocycles. The standard InChI is InChI=1S/C20H20F5N5OS/c1-2-14-11(13-9-27-16-6-10(20(23,24)25)8-28-30(13)16)7-15(32-14)18(31)29-17-12(26)4-3-5-19(17,21)22/h6-9,12,17H,2-5,26H2,1H3,(H,29,31)/t12-,17-/m1/s1. The van der Waals surface area contributed by atoms with E-state index in [-0.39, 0.29) is 16.9 Å². The lowest BCUT2D eigenvalue weighted by molar-refractivity contribution is -0.137. The second-order valence-electron chi connectivity index (χ2n) is 7.72. The molecular weight excluding hydrogens is 453 g/mol. The summed E-state index contributed by atoms with van der Waals surface area (Å²) in [5.74, 6) is -3.76. The number of thiophene rings is 1. The highest BCUT2D eigenvalue weighted by atomic mass is 32.1. The molecule has 3 aromatic rings. The molecule has 1 aliphatic rings. The lowest BCUT2D eigenvalue weighted by atomic mass is 9.87. The Balaban J connectivity index is 1.66. The van der Waals surface area contributed by atoms with Crippen LogP contribution in [0.4, 0.5) is 22.0 Å². The molecule has 32 heavy (non-hydrogen) atoms. The van der Waals surface area contributed by atoms with Crippen LogP contribution in [0.2, 0.25) is 0 Å². The molecule has 3 heterocycles. The number of imidazole rings is 1. The normalized spacial score (nSPS) is 21.1. The topological polar surface area (TPSA) is 85.3 Å². The third-order valence-electron chi connectivity index (χ3n) is 5.54. The van der Waals surface area contributed by atoms with Gasteiger partial charge < -0.3 is 11.1 Å². The fourth-order valence-corrected chi connectivity index (χ4v) is 4.88. The molecule has 0 bridgehead atoms. The molecule has 2 atom stereocenters. The number of nitrogens with two attached hydrogens (primary N) is 1. The van der Waals surface area contributed by atoms with Crippen LogP contribution in [0, 0.1) is 0 Å². The zero-order valence-electron chi connectivity index (χ0n) is 16.9. The summed E-state index contributed by atoms with van der Waals surface area (Å²) in [4.78, 5) is 17.7. The number of halogens is 5. The number of rotatable bonds is 4. The molecule has 0 radical (unpaired) electrons. The zero-order chi connectivity index (χ0) is 23.3. The lowest BCUT2D eigenvalue weighted by Gasteiger charge is -2.36. The van der Waals surface area contributed by atoms with Gasteiger partial charge in [0.05, 0.1) is 28.5 Å². The minimum Gasteiger partial charge on any atom is -0.341 e. The molecule has 3 aromatic heterocycles. The number of carbonyl (C=O) groups excluding carboxylic acids is 1. The van der Waals surface area contributed by atoms with Crippen molar-refractivity contribution in [2.75, 3.05) is 0 Å². The van der Waals surface area contributed by atoms with Crippen LogP contribution in [0.25, 0.3) is 16.9 Å². The number of hydrogen-bond acceptors (Lipinski definition) is 5. The van der Waals surface area contributed by atoms with Crippen molar-refractivity contribution < 1.29 is 26.7 Å². The van der Waals surface area contributed by atoms with Crippen molar-refractivity contribution in [1.29, 1.82) is 0 Å². The van der Waals surface area contributed by atoms with Crippen LogP contribution in [0.5, 0.6) is 0 Å². The quantitative estimate of drug-likeness (QED) is 0.554. The van der Waals surface area contributed by atoms with E-state index >= 15 is 0 Å².